The molecule has 0 radical (unpaired) electrons. The van der Waals surface area contributed by atoms with Gasteiger partial charge in [0.1, 0.15) is 10.6 Å². The third-order valence-corrected chi connectivity index (χ3v) is 5.46. The van der Waals surface area contributed by atoms with E-state index in [2.05, 4.69) is 15.8 Å². The quantitative estimate of drug-likeness (QED) is 0.700. The molecule has 7 heteroatoms. The Hall–Kier alpha value is -1.60. The molecule has 3 N–H and O–H groups in total. The average molecular weight is 312 g/mol. The van der Waals surface area contributed by atoms with Crippen molar-refractivity contribution in [3.63, 3.8) is 0 Å². The lowest BCUT2D eigenvalue weighted by atomic mass is 10.2. The molecule has 2 rings (SSSR count). The first-order chi connectivity index (χ1) is 9.83. The second-order valence-corrected chi connectivity index (χ2v) is 6.99. The van der Waals surface area contributed by atoms with Crippen LogP contribution in [0, 0.1) is 13.8 Å². The van der Waals surface area contributed by atoms with Crippen LogP contribution in [-0.2, 0) is 10.0 Å². The number of aryl methyl sites for hydroxylation is 1. The minimum absolute atomic E-state index is 0.0419. The fraction of sp³-hybridized carbons (Fsp3) is 0.500. The summed E-state index contributed by atoms with van der Waals surface area (Å²) >= 11 is 0. The van der Waals surface area contributed by atoms with E-state index >= 15 is 0 Å². The van der Waals surface area contributed by atoms with Gasteiger partial charge in [0.2, 0.25) is 10.0 Å². The summed E-state index contributed by atoms with van der Waals surface area (Å²) in [7, 11) is -3.70. The molecule has 0 atom stereocenters. The minimum Gasteiger partial charge on any atom is -0.477 e. The van der Waals surface area contributed by atoms with Gasteiger partial charge < -0.3 is 10.1 Å². The molecule has 1 aliphatic carbocycles. The van der Waals surface area contributed by atoms with E-state index in [1.807, 2.05) is 0 Å². The lowest BCUT2D eigenvalue weighted by molar-refractivity contribution is 0.0690. The second kappa shape index (κ2) is 6.03. The highest BCUT2D eigenvalue weighted by molar-refractivity contribution is 7.89. The third-order valence-electron chi connectivity index (χ3n) is 3.72. The first kappa shape index (κ1) is 15.8. The van der Waals surface area contributed by atoms with E-state index < -0.39 is 16.0 Å². The number of aromatic carboxylic acids is 1. The summed E-state index contributed by atoms with van der Waals surface area (Å²) in [6, 6.07) is 0. The van der Waals surface area contributed by atoms with E-state index in [4.69, 9.17) is 5.11 Å². The summed E-state index contributed by atoms with van der Waals surface area (Å²) in [4.78, 5) is 13.7. The molecule has 0 amide bonds. The smallest absolute Gasteiger partial charge is 0.352 e. The topological polar surface area (TPSA) is 99.3 Å². The number of nitrogens with one attached hydrogen (secondary N) is 2. The molecular formula is C14H20N2O4S. The van der Waals surface area contributed by atoms with Crippen molar-refractivity contribution in [1.82, 2.24) is 9.71 Å². The van der Waals surface area contributed by atoms with Crippen molar-refractivity contribution in [1.29, 1.82) is 0 Å². The number of hydrogen-bond donors (Lipinski definition) is 3. The fourth-order valence-corrected chi connectivity index (χ4v) is 4.21. The fourth-order valence-electron chi connectivity index (χ4n) is 2.73. The van der Waals surface area contributed by atoms with Gasteiger partial charge in [0, 0.05) is 17.8 Å². The van der Waals surface area contributed by atoms with Crippen LogP contribution < -0.4 is 4.72 Å². The van der Waals surface area contributed by atoms with Gasteiger partial charge in [-0.1, -0.05) is 11.6 Å². The van der Waals surface area contributed by atoms with Gasteiger partial charge in [-0.3, -0.25) is 0 Å². The van der Waals surface area contributed by atoms with Crippen LogP contribution in [0.3, 0.4) is 0 Å². The lowest BCUT2D eigenvalue weighted by Gasteiger charge is -2.08. The van der Waals surface area contributed by atoms with Crippen molar-refractivity contribution >= 4 is 16.0 Å². The summed E-state index contributed by atoms with van der Waals surface area (Å²) in [5.41, 5.74) is 1.79. The molecule has 116 valence electrons. The largest absolute Gasteiger partial charge is 0.477 e. The van der Waals surface area contributed by atoms with Crippen LogP contribution in [0.2, 0.25) is 0 Å². The van der Waals surface area contributed by atoms with E-state index in [-0.39, 0.29) is 16.2 Å². The molecule has 1 aliphatic rings. The first-order valence-electron chi connectivity index (χ1n) is 6.93. The Kier molecular flexibility index (Phi) is 4.53. The van der Waals surface area contributed by atoms with Gasteiger partial charge in [0.05, 0.1) is 0 Å². The highest BCUT2D eigenvalue weighted by Crippen LogP contribution is 2.24. The predicted octanol–water partition coefficient (Wildman–Crippen LogP) is 2.11. The molecule has 21 heavy (non-hydrogen) atoms. The number of aromatic nitrogens is 1. The molecule has 0 unspecified atom stereocenters. The summed E-state index contributed by atoms with van der Waals surface area (Å²) in [6.07, 6.45) is 6.10. The van der Waals surface area contributed by atoms with Crippen molar-refractivity contribution in [2.75, 3.05) is 6.54 Å². The van der Waals surface area contributed by atoms with E-state index in [1.165, 1.54) is 12.5 Å². The van der Waals surface area contributed by atoms with Crippen LogP contribution in [-0.4, -0.2) is 31.0 Å². The number of hydrogen-bond acceptors (Lipinski definition) is 3. The Morgan fingerprint density at radius 2 is 2.14 bits per heavy atom. The predicted molar refractivity (Wildman–Crippen MR) is 79.0 cm³/mol. The molecule has 0 aliphatic heterocycles. The number of aromatic amines is 1. The molecule has 0 saturated carbocycles. The standard InChI is InChI=1S/C14H20N2O4S/c1-9-12(14(17)18)16-10(2)13(9)21(19,20)15-8-7-11-5-3-4-6-11/h5,15-16H,3-4,6-8H2,1-2H3,(H,17,18). The van der Waals surface area contributed by atoms with E-state index in [0.29, 0.717) is 18.7 Å². The zero-order valence-electron chi connectivity index (χ0n) is 12.2. The lowest BCUT2D eigenvalue weighted by Crippen LogP contribution is -2.26. The van der Waals surface area contributed by atoms with Crippen molar-refractivity contribution in [2.24, 2.45) is 0 Å². The maximum absolute atomic E-state index is 12.3. The van der Waals surface area contributed by atoms with Crippen LogP contribution >= 0.6 is 0 Å². The zero-order valence-corrected chi connectivity index (χ0v) is 13.0. The highest BCUT2D eigenvalue weighted by Gasteiger charge is 2.26. The Labute approximate surface area is 124 Å². The molecule has 6 nitrogen and oxygen atoms in total. The maximum atomic E-state index is 12.3. The van der Waals surface area contributed by atoms with Crippen molar-refractivity contribution in [3.8, 4) is 0 Å². The molecule has 1 aromatic rings. The molecular weight excluding hydrogens is 292 g/mol. The van der Waals surface area contributed by atoms with Gasteiger partial charge in [0.15, 0.2) is 0 Å². The zero-order chi connectivity index (χ0) is 15.6. The van der Waals surface area contributed by atoms with Crippen LogP contribution in [0.5, 0.6) is 0 Å². The SMILES string of the molecule is Cc1[nH]c(C(=O)O)c(C)c1S(=O)(=O)NCCC1=CCCC1. The van der Waals surface area contributed by atoms with Gasteiger partial charge in [-0.15, -0.1) is 0 Å². The van der Waals surface area contributed by atoms with Gasteiger partial charge in [0.25, 0.3) is 0 Å². The number of rotatable bonds is 6. The number of sulfonamides is 1. The molecule has 0 aromatic carbocycles. The Balaban J connectivity index is 2.14. The van der Waals surface area contributed by atoms with Gasteiger partial charge >= 0.3 is 5.97 Å². The molecule has 1 aromatic heterocycles. The number of carbonyl (C=O) groups is 1. The average Bonchev–Trinajstić information content (AvgIpc) is 2.97. The van der Waals surface area contributed by atoms with Crippen molar-refractivity contribution in [3.05, 3.63) is 28.6 Å². The van der Waals surface area contributed by atoms with E-state index in [9.17, 15) is 13.2 Å². The molecule has 0 spiro atoms. The Morgan fingerprint density at radius 1 is 1.43 bits per heavy atom. The summed E-state index contributed by atoms with van der Waals surface area (Å²) < 4.78 is 27.2. The summed E-state index contributed by atoms with van der Waals surface area (Å²) in [5, 5.41) is 9.03. The van der Waals surface area contributed by atoms with E-state index in [1.54, 1.807) is 6.92 Å². The van der Waals surface area contributed by atoms with Crippen molar-refractivity contribution in [2.45, 2.75) is 44.4 Å². The second-order valence-electron chi connectivity index (χ2n) is 5.29. The normalized spacial score (nSPS) is 15.2. The first-order valence-corrected chi connectivity index (χ1v) is 8.41. The van der Waals surface area contributed by atoms with Crippen LogP contribution in [0.25, 0.3) is 0 Å². The van der Waals surface area contributed by atoms with Crippen LogP contribution in [0.1, 0.15) is 47.4 Å². The number of H-pyrrole nitrogens is 1. The van der Waals surface area contributed by atoms with Crippen molar-refractivity contribution < 1.29 is 18.3 Å². The minimum atomic E-state index is -3.70. The van der Waals surface area contributed by atoms with Gasteiger partial charge in [-0.25, -0.2) is 17.9 Å². The van der Waals surface area contributed by atoms with Crippen LogP contribution in [0.4, 0.5) is 0 Å². The summed E-state index contributed by atoms with van der Waals surface area (Å²) in [6.45, 7) is 3.40. The van der Waals surface area contributed by atoms with E-state index in [0.717, 1.165) is 19.3 Å². The molecule has 0 bridgehead atoms. The monoisotopic (exact) mass is 312 g/mol. The number of carboxylic acid groups (broad SMARTS) is 1. The maximum Gasteiger partial charge on any atom is 0.352 e. The number of allylic oxidation sites excluding steroid dienone is 1. The number of carboxylic acids is 1. The Bertz CT molecular complexity index is 686. The van der Waals surface area contributed by atoms with Gasteiger partial charge in [-0.2, -0.15) is 0 Å². The third kappa shape index (κ3) is 3.36. The summed E-state index contributed by atoms with van der Waals surface area (Å²) in [5.74, 6) is -1.16. The highest BCUT2D eigenvalue weighted by atomic mass is 32.2. The molecule has 1 heterocycles. The van der Waals surface area contributed by atoms with Crippen LogP contribution in [0.15, 0.2) is 16.5 Å². The molecule has 0 fully saturated rings. The molecule has 0 saturated heterocycles. The Morgan fingerprint density at radius 3 is 2.67 bits per heavy atom. The van der Waals surface area contributed by atoms with Gasteiger partial charge in [-0.05, 0) is 39.5 Å².